The number of hydrogen-bond donors (Lipinski definition) is 0. The summed E-state index contributed by atoms with van der Waals surface area (Å²) in [5.41, 5.74) is 0.700. The Bertz CT molecular complexity index is 870. The van der Waals surface area contributed by atoms with Gasteiger partial charge in [-0.25, -0.2) is 8.42 Å². The number of rotatable bonds is 6. The van der Waals surface area contributed by atoms with Crippen molar-refractivity contribution >= 4 is 16.0 Å². The lowest BCUT2D eigenvalue weighted by Crippen LogP contribution is -2.35. The lowest BCUT2D eigenvalue weighted by Gasteiger charge is -2.25. The normalized spacial score (nSPS) is 15.3. The molecule has 1 saturated heterocycles. The number of carbonyl (C=O) groups excluding carboxylic acids is 1. The molecule has 0 bridgehead atoms. The quantitative estimate of drug-likeness (QED) is 0.561. The molecule has 144 valence electrons. The number of benzene rings is 2. The third kappa shape index (κ3) is 4.87. The predicted octanol–water partition coefficient (Wildman–Crippen LogP) is 3.02. The van der Waals surface area contributed by atoms with Crippen LogP contribution in [0.3, 0.4) is 0 Å². The number of hydrogen-bond acceptors (Lipinski definition) is 5. The number of sulfonamides is 1. The maximum atomic E-state index is 12.6. The first-order valence-corrected chi connectivity index (χ1v) is 10.4. The van der Waals surface area contributed by atoms with E-state index in [0.717, 1.165) is 19.3 Å². The van der Waals surface area contributed by atoms with Gasteiger partial charge >= 0.3 is 5.97 Å². The molecule has 0 radical (unpaired) electrons. The molecule has 3 rings (SSSR count). The molecular formula is C20H23NO5S. The molecule has 7 heteroatoms. The largest absolute Gasteiger partial charge is 0.497 e. The topological polar surface area (TPSA) is 72.9 Å². The Hall–Kier alpha value is -2.38. The van der Waals surface area contributed by atoms with Gasteiger partial charge in [-0.1, -0.05) is 18.6 Å². The summed E-state index contributed by atoms with van der Waals surface area (Å²) in [7, 11) is -1.89. The average Bonchev–Trinajstić information content (AvgIpc) is 2.69. The van der Waals surface area contributed by atoms with E-state index in [1.807, 2.05) is 0 Å². The third-order valence-corrected chi connectivity index (χ3v) is 6.43. The lowest BCUT2D eigenvalue weighted by molar-refractivity contribution is -0.133. The zero-order chi connectivity index (χ0) is 19.3. The van der Waals surface area contributed by atoms with Crippen molar-refractivity contribution in [1.29, 1.82) is 0 Å². The Labute approximate surface area is 159 Å². The monoisotopic (exact) mass is 389 g/mol. The second kappa shape index (κ2) is 8.54. The molecule has 0 spiro atoms. The van der Waals surface area contributed by atoms with Crippen molar-refractivity contribution in [2.24, 2.45) is 0 Å². The molecule has 27 heavy (non-hydrogen) atoms. The first kappa shape index (κ1) is 19.4. The van der Waals surface area contributed by atoms with E-state index in [4.69, 9.17) is 9.47 Å². The maximum Gasteiger partial charge on any atom is 0.315 e. The predicted molar refractivity (Wildman–Crippen MR) is 101 cm³/mol. The Morgan fingerprint density at radius 1 is 0.926 bits per heavy atom. The van der Waals surface area contributed by atoms with Crippen LogP contribution in [0.15, 0.2) is 53.4 Å². The first-order valence-electron chi connectivity index (χ1n) is 8.93. The van der Waals surface area contributed by atoms with Crippen LogP contribution in [0.1, 0.15) is 24.8 Å². The van der Waals surface area contributed by atoms with Crippen LogP contribution in [-0.4, -0.2) is 38.9 Å². The van der Waals surface area contributed by atoms with Crippen molar-refractivity contribution in [3.05, 3.63) is 54.1 Å². The fourth-order valence-electron chi connectivity index (χ4n) is 3.01. The molecule has 6 nitrogen and oxygen atoms in total. The SMILES string of the molecule is COc1ccc(OC(=O)Cc2ccc(S(=O)(=O)N3CCCCC3)cc2)cc1. The van der Waals surface area contributed by atoms with E-state index in [1.165, 1.54) is 4.31 Å². The smallest absolute Gasteiger partial charge is 0.315 e. The van der Waals surface area contributed by atoms with Gasteiger partial charge in [-0.2, -0.15) is 4.31 Å². The van der Waals surface area contributed by atoms with Crippen molar-refractivity contribution in [2.75, 3.05) is 20.2 Å². The molecule has 1 heterocycles. The van der Waals surface area contributed by atoms with Crippen LogP contribution < -0.4 is 9.47 Å². The van der Waals surface area contributed by atoms with E-state index in [0.29, 0.717) is 30.2 Å². The molecule has 0 saturated carbocycles. The molecule has 0 amide bonds. The summed E-state index contributed by atoms with van der Waals surface area (Å²) in [5, 5.41) is 0. The first-order chi connectivity index (χ1) is 13.0. The van der Waals surface area contributed by atoms with Crippen LogP contribution in [0.5, 0.6) is 11.5 Å². The summed E-state index contributed by atoms with van der Waals surface area (Å²) in [6, 6.07) is 13.2. The van der Waals surface area contributed by atoms with Crippen LogP contribution in [0, 0.1) is 0 Å². The van der Waals surface area contributed by atoms with E-state index in [-0.39, 0.29) is 11.3 Å². The van der Waals surface area contributed by atoms with Gasteiger partial charge in [-0.3, -0.25) is 4.79 Å². The van der Waals surface area contributed by atoms with Gasteiger partial charge in [-0.15, -0.1) is 0 Å². The van der Waals surface area contributed by atoms with Crippen LogP contribution in [0.25, 0.3) is 0 Å². The summed E-state index contributed by atoms with van der Waals surface area (Å²) in [4.78, 5) is 12.3. The van der Waals surface area contributed by atoms with E-state index in [1.54, 1.807) is 55.6 Å². The second-order valence-electron chi connectivity index (χ2n) is 6.44. The Morgan fingerprint density at radius 2 is 1.52 bits per heavy atom. The highest BCUT2D eigenvalue weighted by Gasteiger charge is 2.25. The molecule has 0 aliphatic carbocycles. The average molecular weight is 389 g/mol. The number of carbonyl (C=O) groups is 1. The molecule has 0 N–H and O–H groups in total. The number of nitrogens with zero attached hydrogens (tertiary/aromatic N) is 1. The lowest BCUT2D eigenvalue weighted by atomic mass is 10.1. The van der Waals surface area contributed by atoms with Gasteiger partial charge in [0.1, 0.15) is 11.5 Å². The minimum atomic E-state index is -3.46. The molecular weight excluding hydrogens is 366 g/mol. The fourth-order valence-corrected chi connectivity index (χ4v) is 4.53. The molecule has 1 aliphatic heterocycles. The Kier molecular flexibility index (Phi) is 6.13. The number of piperidine rings is 1. The van der Waals surface area contributed by atoms with Gasteiger partial charge < -0.3 is 9.47 Å². The Morgan fingerprint density at radius 3 is 2.11 bits per heavy atom. The van der Waals surface area contributed by atoms with Gasteiger partial charge in [0.15, 0.2) is 0 Å². The molecule has 1 fully saturated rings. The van der Waals surface area contributed by atoms with Crippen LogP contribution in [0.2, 0.25) is 0 Å². The van der Waals surface area contributed by atoms with Gasteiger partial charge in [-0.05, 0) is 54.8 Å². The maximum absolute atomic E-state index is 12.6. The van der Waals surface area contributed by atoms with Crippen LogP contribution in [-0.2, 0) is 21.2 Å². The van der Waals surface area contributed by atoms with Crippen molar-refractivity contribution < 1.29 is 22.7 Å². The molecule has 0 aromatic heterocycles. The number of methoxy groups -OCH3 is 1. The highest BCUT2D eigenvalue weighted by molar-refractivity contribution is 7.89. The van der Waals surface area contributed by atoms with Gasteiger partial charge in [0.2, 0.25) is 10.0 Å². The second-order valence-corrected chi connectivity index (χ2v) is 8.37. The minimum Gasteiger partial charge on any atom is -0.497 e. The summed E-state index contributed by atoms with van der Waals surface area (Å²) in [6.45, 7) is 1.14. The van der Waals surface area contributed by atoms with Gasteiger partial charge in [0, 0.05) is 13.1 Å². The zero-order valence-corrected chi connectivity index (χ0v) is 16.1. The molecule has 2 aromatic rings. The van der Waals surface area contributed by atoms with E-state index >= 15 is 0 Å². The molecule has 0 atom stereocenters. The summed E-state index contributed by atoms with van der Waals surface area (Å²) in [6.07, 6.45) is 2.93. The van der Waals surface area contributed by atoms with Crippen LogP contribution in [0.4, 0.5) is 0 Å². The summed E-state index contributed by atoms with van der Waals surface area (Å²) < 4.78 is 37.2. The van der Waals surface area contributed by atoms with Crippen molar-refractivity contribution in [2.45, 2.75) is 30.6 Å². The van der Waals surface area contributed by atoms with E-state index < -0.39 is 16.0 Å². The molecule has 2 aromatic carbocycles. The van der Waals surface area contributed by atoms with Crippen molar-refractivity contribution in [1.82, 2.24) is 4.31 Å². The third-order valence-electron chi connectivity index (χ3n) is 4.52. The summed E-state index contributed by atoms with van der Waals surface area (Å²) >= 11 is 0. The highest BCUT2D eigenvalue weighted by Crippen LogP contribution is 2.21. The number of ether oxygens (including phenoxy) is 2. The Balaban J connectivity index is 1.61. The summed E-state index contributed by atoms with van der Waals surface area (Å²) in [5.74, 6) is 0.706. The van der Waals surface area contributed by atoms with Gasteiger partial charge in [0.05, 0.1) is 18.4 Å². The zero-order valence-electron chi connectivity index (χ0n) is 15.3. The standard InChI is InChI=1S/C20H23NO5S/c1-25-17-7-9-18(10-8-17)26-20(22)15-16-5-11-19(12-6-16)27(23,24)21-13-3-2-4-14-21/h5-12H,2-4,13-15H2,1H3. The van der Waals surface area contributed by atoms with E-state index in [9.17, 15) is 13.2 Å². The fraction of sp³-hybridized carbons (Fsp3) is 0.350. The minimum absolute atomic E-state index is 0.0655. The highest BCUT2D eigenvalue weighted by atomic mass is 32.2. The molecule has 0 unspecified atom stereocenters. The van der Waals surface area contributed by atoms with E-state index in [2.05, 4.69) is 0 Å². The molecule has 1 aliphatic rings. The van der Waals surface area contributed by atoms with Gasteiger partial charge in [0.25, 0.3) is 0 Å². The van der Waals surface area contributed by atoms with Crippen LogP contribution >= 0.6 is 0 Å². The van der Waals surface area contributed by atoms with Crippen molar-refractivity contribution in [3.63, 3.8) is 0 Å². The van der Waals surface area contributed by atoms with Crippen molar-refractivity contribution in [3.8, 4) is 11.5 Å². The number of esters is 1.